The van der Waals surface area contributed by atoms with Crippen LogP contribution in [0.2, 0.25) is 0 Å². The van der Waals surface area contributed by atoms with Crippen molar-refractivity contribution in [1.82, 2.24) is 15.1 Å². The summed E-state index contributed by atoms with van der Waals surface area (Å²) in [5.41, 5.74) is 5.05. The minimum Gasteiger partial charge on any atom is -0.370 e. The second kappa shape index (κ2) is 5.64. The summed E-state index contributed by atoms with van der Waals surface area (Å²) in [5, 5.41) is 5.96. The molecule has 0 atom stereocenters. The van der Waals surface area contributed by atoms with Crippen LogP contribution in [0.4, 0.5) is 0 Å². The third-order valence-corrected chi connectivity index (χ3v) is 3.29. The van der Waals surface area contributed by atoms with Gasteiger partial charge in [0.15, 0.2) is 0 Å². The largest absolute Gasteiger partial charge is 0.370 e. The molecule has 0 unspecified atom stereocenters. The van der Waals surface area contributed by atoms with Crippen LogP contribution in [0.5, 0.6) is 0 Å². The van der Waals surface area contributed by atoms with Gasteiger partial charge in [-0.05, 0) is 24.8 Å². The smallest absolute Gasteiger partial charge is 0.274 e. The van der Waals surface area contributed by atoms with Gasteiger partial charge in [0.1, 0.15) is 5.69 Å². The van der Waals surface area contributed by atoms with Crippen LogP contribution < -0.4 is 11.3 Å². The average Bonchev–Trinajstić information content (AvgIpc) is 2.39. The first kappa shape index (κ1) is 13.3. The summed E-state index contributed by atoms with van der Waals surface area (Å²) < 4.78 is 0. The lowest BCUT2D eigenvalue weighted by molar-refractivity contribution is -0.119. The quantitative estimate of drug-likeness (QED) is 0.766. The molecular formula is C12H16N4O3. The Bertz CT molecular complexity index is 512. The van der Waals surface area contributed by atoms with Crippen molar-refractivity contribution >= 4 is 11.8 Å². The number of aromatic amines is 1. The number of nitrogens with zero attached hydrogens (tertiary/aromatic N) is 2. The van der Waals surface area contributed by atoms with Crippen molar-refractivity contribution in [3.05, 3.63) is 28.2 Å². The number of primary amides is 1. The predicted molar refractivity (Wildman–Crippen MR) is 67.3 cm³/mol. The molecule has 1 aliphatic heterocycles. The van der Waals surface area contributed by atoms with Crippen molar-refractivity contribution < 1.29 is 9.59 Å². The van der Waals surface area contributed by atoms with E-state index < -0.39 is 0 Å². The number of rotatable bonds is 3. The van der Waals surface area contributed by atoms with E-state index in [0.29, 0.717) is 19.5 Å². The van der Waals surface area contributed by atoms with E-state index in [4.69, 9.17) is 5.73 Å². The summed E-state index contributed by atoms with van der Waals surface area (Å²) in [6.45, 7) is 1.16. The summed E-state index contributed by atoms with van der Waals surface area (Å²) >= 11 is 0. The van der Waals surface area contributed by atoms with Crippen molar-refractivity contribution in [3.63, 3.8) is 0 Å². The Hall–Kier alpha value is -2.18. The third kappa shape index (κ3) is 3.40. The highest BCUT2D eigenvalue weighted by Crippen LogP contribution is 2.20. The molecule has 0 saturated carbocycles. The van der Waals surface area contributed by atoms with Gasteiger partial charge in [-0.3, -0.25) is 14.4 Å². The number of carbonyl (C=O) groups is 2. The lowest BCUT2D eigenvalue weighted by Crippen LogP contribution is -2.39. The predicted octanol–water partition coefficient (Wildman–Crippen LogP) is -0.503. The van der Waals surface area contributed by atoms with Gasteiger partial charge in [0.2, 0.25) is 5.91 Å². The van der Waals surface area contributed by atoms with Gasteiger partial charge in [0.05, 0.1) is 0 Å². The first-order valence-electron chi connectivity index (χ1n) is 6.19. The molecule has 7 heteroatoms. The second-order valence-corrected chi connectivity index (χ2v) is 4.71. The molecule has 0 radical (unpaired) electrons. The fourth-order valence-corrected chi connectivity index (χ4v) is 2.25. The first-order chi connectivity index (χ1) is 9.06. The van der Waals surface area contributed by atoms with E-state index in [1.807, 2.05) is 0 Å². The fraction of sp³-hybridized carbons (Fsp3) is 0.500. The summed E-state index contributed by atoms with van der Waals surface area (Å²) in [6, 6.07) is 2.69. The Balaban J connectivity index is 1.94. The van der Waals surface area contributed by atoms with Crippen LogP contribution in [0.1, 0.15) is 29.8 Å². The molecule has 0 bridgehead atoms. The highest BCUT2D eigenvalue weighted by Gasteiger charge is 2.25. The van der Waals surface area contributed by atoms with Gasteiger partial charge < -0.3 is 10.6 Å². The molecule has 1 aromatic heterocycles. The number of aromatic nitrogens is 2. The molecule has 0 aliphatic carbocycles. The van der Waals surface area contributed by atoms with E-state index in [1.165, 1.54) is 12.1 Å². The minimum absolute atomic E-state index is 0.200. The van der Waals surface area contributed by atoms with E-state index in [9.17, 15) is 14.4 Å². The van der Waals surface area contributed by atoms with Gasteiger partial charge in [-0.25, -0.2) is 5.10 Å². The topological polar surface area (TPSA) is 109 Å². The minimum atomic E-state index is -0.336. The Labute approximate surface area is 109 Å². The summed E-state index contributed by atoms with van der Waals surface area (Å²) in [6.07, 6.45) is 1.90. The average molecular weight is 264 g/mol. The highest BCUT2D eigenvalue weighted by atomic mass is 16.2. The van der Waals surface area contributed by atoms with E-state index >= 15 is 0 Å². The SMILES string of the molecule is NC(=O)CC1CCN(C(=O)c2ccc(=O)[nH]n2)CC1. The molecule has 0 spiro atoms. The maximum absolute atomic E-state index is 12.1. The number of hydrogen-bond donors (Lipinski definition) is 2. The Morgan fingerprint density at radius 2 is 2.05 bits per heavy atom. The normalized spacial score (nSPS) is 16.3. The van der Waals surface area contributed by atoms with E-state index in [2.05, 4.69) is 10.2 Å². The first-order valence-corrected chi connectivity index (χ1v) is 6.19. The zero-order chi connectivity index (χ0) is 13.8. The number of nitrogens with one attached hydrogen (secondary N) is 1. The van der Waals surface area contributed by atoms with Crippen molar-refractivity contribution in [1.29, 1.82) is 0 Å². The van der Waals surface area contributed by atoms with Gasteiger partial charge in [-0.2, -0.15) is 5.10 Å². The van der Waals surface area contributed by atoms with Crippen molar-refractivity contribution in [3.8, 4) is 0 Å². The molecule has 2 heterocycles. The summed E-state index contributed by atoms with van der Waals surface area (Å²) in [5.74, 6) is -0.244. The number of amides is 2. The number of piperidine rings is 1. The third-order valence-electron chi connectivity index (χ3n) is 3.29. The summed E-state index contributed by atoms with van der Waals surface area (Å²) in [7, 11) is 0. The van der Waals surface area contributed by atoms with Crippen LogP contribution in [0.25, 0.3) is 0 Å². The number of H-pyrrole nitrogens is 1. The molecule has 7 nitrogen and oxygen atoms in total. The fourth-order valence-electron chi connectivity index (χ4n) is 2.25. The van der Waals surface area contributed by atoms with Crippen LogP contribution in [0.15, 0.2) is 16.9 Å². The van der Waals surface area contributed by atoms with Crippen molar-refractivity contribution in [2.24, 2.45) is 11.7 Å². The second-order valence-electron chi connectivity index (χ2n) is 4.71. The molecule has 1 aromatic rings. The maximum atomic E-state index is 12.1. The number of carbonyl (C=O) groups excluding carboxylic acids is 2. The van der Waals surface area contributed by atoms with Crippen LogP contribution >= 0.6 is 0 Å². The van der Waals surface area contributed by atoms with Gasteiger partial charge in [-0.15, -0.1) is 0 Å². The standard InChI is InChI=1S/C12H16N4O3/c13-10(17)7-8-3-5-16(6-4-8)12(19)9-1-2-11(18)15-14-9/h1-2,8H,3-7H2,(H2,13,17)(H,15,18). The molecule has 19 heavy (non-hydrogen) atoms. The van der Waals surface area contributed by atoms with Crippen molar-refractivity contribution in [2.75, 3.05) is 13.1 Å². The molecule has 0 aromatic carbocycles. The molecular weight excluding hydrogens is 248 g/mol. The lowest BCUT2D eigenvalue weighted by Gasteiger charge is -2.31. The molecule has 102 valence electrons. The highest BCUT2D eigenvalue weighted by molar-refractivity contribution is 5.92. The van der Waals surface area contributed by atoms with Gasteiger partial charge in [0, 0.05) is 25.6 Å². The Morgan fingerprint density at radius 1 is 1.37 bits per heavy atom. The summed E-state index contributed by atoms with van der Waals surface area (Å²) in [4.78, 5) is 35.5. The monoisotopic (exact) mass is 264 g/mol. The molecule has 1 saturated heterocycles. The zero-order valence-electron chi connectivity index (χ0n) is 10.5. The number of likely N-dealkylation sites (tertiary alicyclic amines) is 1. The Kier molecular flexibility index (Phi) is 3.94. The van der Waals surface area contributed by atoms with Crippen molar-refractivity contribution in [2.45, 2.75) is 19.3 Å². The van der Waals surface area contributed by atoms with E-state index in [-0.39, 0.29) is 29.0 Å². The Morgan fingerprint density at radius 3 is 2.58 bits per heavy atom. The molecule has 1 aliphatic rings. The van der Waals surface area contributed by atoms with Gasteiger partial charge in [0.25, 0.3) is 11.5 Å². The van der Waals surface area contributed by atoms with Crippen LogP contribution in [0.3, 0.4) is 0 Å². The van der Waals surface area contributed by atoms with Gasteiger partial charge in [-0.1, -0.05) is 0 Å². The number of hydrogen-bond acceptors (Lipinski definition) is 4. The molecule has 1 fully saturated rings. The van der Waals surface area contributed by atoms with E-state index in [0.717, 1.165) is 12.8 Å². The van der Waals surface area contributed by atoms with Crippen LogP contribution in [-0.2, 0) is 4.79 Å². The van der Waals surface area contributed by atoms with Crippen LogP contribution in [0, 0.1) is 5.92 Å². The number of nitrogens with two attached hydrogens (primary N) is 1. The zero-order valence-corrected chi connectivity index (χ0v) is 10.5. The molecule has 2 amide bonds. The molecule has 3 N–H and O–H groups in total. The lowest BCUT2D eigenvalue weighted by atomic mass is 9.93. The maximum Gasteiger partial charge on any atom is 0.274 e. The van der Waals surface area contributed by atoms with Gasteiger partial charge >= 0.3 is 0 Å². The van der Waals surface area contributed by atoms with Crippen LogP contribution in [-0.4, -0.2) is 40.0 Å². The molecule has 2 rings (SSSR count). The van der Waals surface area contributed by atoms with E-state index in [1.54, 1.807) is 4.90 Å².